The molecule has 6 N–H and O–H groups in total. The Morgan fingerprint density at radius 1 is 1.18 bits per heavy atom. The average Bonchev–Trinajstić information content (AvgIpc) is 2.04. The van der Waals surface area contributed by atoms with Gasteiger partial charge in [0, 0.05) is 6.54 Å². The fourth-order valence-electron chi connectivity index (χ4n) is 0.798. The molecule has 0 rings (SSSR count). The van der Waals surface area contributed by atoms with Crippen LogP contribution in [-0.2, 0) is 0 Å². The molecule has 1 unspecified atom stereocenters. The van der Waals surface area contributed by atoms with Crippen LogP contribution < -0.4 is 16.8 Å². The maximum atomic E-state index is 8.95. The van der Waals surface area contributed by atoms with E-state index in [0.717, 1.165) is 32.4 Å². The molecule has 0 aromatic carbocycles. The van der Waals surface area contributed by atoms with Crippen molar-refractivity contribution in [1.82, 2.24) is 5.32 Å². The zero-order chi connectivity index (χ0) is 8.53. The quantitative estimate of drug-likeness (QED) is 0.284. The molecule has 0 heterocycles. The molecule has 0 aliphatic heterocycles. The highest BCUT2D eigenvalue weighted by Gasteiger charge is 1.96. The van der Waals surface area contributed by atoms with Crippen molar-refractivity contribution in [3.63, 3.8) is 0 Å². The molecule has 0 bridgehead atoms. The van der Waals surface area contributed by atoms with Gasteiger partial charge >= 0.3 is 0 Å². The predicted molar refractivity (Wildman–Crippen MR) is 46.0 cm³/mol. The minimum atomic E-state index is -0.548. The van der Waals surface area contributed by atoms with Crippen LogP contribution in [0.1, 0.15) is 19.3 Å². The van der Waals surface area contributed by atoms with E-state index >= 15 is 0 Å². The lowest BCUT2D eigenvalue weighted by atomic mass is 10.2. The van der Waals surface area contributed by atoms with Gasteiger partial charge < -0.3 is 16.6 Å². The SMILES string of the molecule is NCCCCCNC(O)CN. The van der Waals surface area contributed by atoms with Crippen LogP contribution in [0.25, 0.3) is 0 Å². The van der Waals surface area contributed by atoms with Gasteiger partial charge in [0.05, 0.1) is 0 Å². The number of nitrogens with two attached hydrogens (primary N) is 2. The van der Waals surface area contributed by atoms with Crippen molar-refractivity contribution in [2.45, 2.75) is 25.5 Å². The Hall–Kier alpha value is -0.160. The van der Waals surface area contributed by atoms with Gasteiger partial charge in [0.2, 0.25) is 0 Å². The third-order valence-corrected chi connectivity index (χ3v) is 1.48. The molecule has 4 heteroatoms. The third kappa shape index (κ3) is 7.74. The van der Waals surface area contributed by atoms with Crippen LogP contribution in [0, 0.1) is 0 Å². The van der Waals surface area contributed by atoms with Crippen LogP contribution in [0.3, 0.4) is 0 Å². The Kier molecular flexibility index (Phi) is 7.83. The summed E-state index contributed by atoms with van der Waals surface area (Å²) >= 11 is 0. The van der Waals surface area contributed by atoms with Crippen LogP contribution in [0.2, 0.25) is 0 Å². The summed E-state index contributed by atoms with van der Waals surface area (Å²) in [6.45, 7) is 1.84. The monoisotopic (exact) mass is 161 g/mol. The second-order valence-electron chi connectivity index (χ2n) is 2.55. The first-order chi connectivity index (χ1) is 5.31. The number of hydrogen-bond acceptors (Lipinski definition) is 4. The molecule has 68 valence electrons. The first kappa shape index (κ1) is 10.8. The molecule has 0 fully saturated rings. The van der Waals surface area contributed by atoms with E-state index in [1.54, 1.807) is 0 Å². The van der Waals surface area contributed by atoms with E-state index in [9.17, 15) is 0 Å². The normalized spacial score (nSPS) is 13.4. The standard InChI is InChI=1S/C7H19N3O/c8-4-2-1-3-5-10-7(11)6-9/h7,10-11H,1-6,8-9H2. The number of nitrogens with one attached hydrogen (secondary N) is 1. The topological polar surface area (TPSA) is 84.3 Å². The molecule has 0 aliphatic rings. The molecule has 11 heavy (non-hydrogen) atoms. The van der Waals surface area contributed by atoms with Gasteiger partial charge in [-0.15, -0.1) is 0 Å². The first-order valence-corrected chi connectivity index (χ1v) is 4.13. The summed E-state index contributed by atoms with van der Waals surface area (Å²) in [5.74, 6) is 0. The van der Waals surface area contributed by atoms with Crippen LogP contribution in [0.4, 0.5) is 0 Å². The van der Waals surface area contributed by atoms with Crippen LogP contribution in [0.15, 0.2) is 0 Å². The summed E-state index contributed by atoms with van der Waals surface area (Å²) in [6.07, 6.45) is 2.67. The van der Waals surface area contributed by atoms with Crippen LogP contribution in [0.5, 0.6) is 0 Å². The summed E-state index contributed by atoms with van der Waals surface area (Å²) in [7, 11) is 0. The molecule has 4 nitrogen and oxygen atoms in total. The Balaban J connectivity index is 2.89. The molecule has 0 aromatic heterocycles. The molecule has 0 saturated carbocycles. The van der Waals surface area contributed by atoms with Crippen molar-refractivity contribution >= 4 is 0 Å². The Morgan fingerprint density at radius 3 is 2.45 bits per heavy atom. The highest BCUT2D eigenvalue weighted by molar-refractivity contribution is 4.53. The van der Waals surface area contributed by atoms with Crippen LogP contribution in [-0.4, -0.2) is 31.0 Å². The molecule has 0 saturated heterocycles. The van der Waals surface area contributed by atoms with Crippen molar-refractivity contribution in [3.05, 3.63) is 0 Å². The van der Waals surface area contributed by atoms with E-state index in [2.05, 4.69) is 5.32 Å². The smallest absolute Gasteiger partial charge is 0.117 e. The predicted octanol–water partition coefficient (Wildman–Crippen LogP) is -1.02. The minimum Gasteiger partial charge on any atom is -0.377 e. The third-order valence-electron chi connectivity index (χ3n) is 1.48. The highest BCUT2D eigenvalue weighted by Crippen LogP contribution is 1.90. The molecule has 0 aliphatic carbocycles. The Bertz CT molecular complexity index is 80.1. The maximum Gasteiger partial charge on any atom is 0.117 e. The number of rotatable bonds is 7. The van der Waals surface area contributed by atoms with Gasteiger partial charge in [0.15, 0.2) is 0 Å². The number of aliphatic hydroxyl groups is 1. The van der Waals surface area contributed by atoms with Gasteiger partial charge in [-0.2, -0.15) is 0 Å². The van der Waals surface area contributed by atoms with Crippen molar-refractivity contribution in [2.75, 3.05) is 19.6 Å². The summed E-state index contributed by atoms with van der Waals surface area (Å²) < 4.78 is 0. The van der Waals surface area contributed by atoms with Gasteiger partial charge in [0.25, 0.3) is 0 Å². The second kappa shape index (κ2) is 7.94. The Morgan fingerprint density at radius 2 is 1.91 bits per heavy atom. The molecule has 0 radical (unpaired) electrons. The number of aliphatic hydroxyl groups excluding tert-OH is 1. The largest absolute Gasteiger partial charge is 0.377 e. The van der Waals surface area contributed by atoms with E-state index in [4.69, 9.17) is 16.6 Å². The molecule has 1 atom stereocenters. The molecule has 0 spiro atoms. The number of hydrogen-bond donors (Lipinski definition) is 4. The van der Waals surface area contributed by atoms with Gasteiger partial charge in [-0.05, 0) is 25.9 Å². The van der Waals surface area contributed by atoms with Gasteiger partial charge in [-0.25, -0.2) is 0 Å². The van der Waals surface area contributed by atoms with E-state index in [-0.39, 0.29) is 6.54 Å². The second-order valence-corrected chi connectivity index (χ2v) is 2.55. The zero-order valence-electron chi connectivity index (χ0n) is 6.92. The molecule has 0 aromatic rings. The van der Waals surface area contributed by atoms with Crippen molar-refractivity contribution in [2.24, 2.45) is 11.5 Å². The van der Waals surface area contributed by atoms with Crippen LogP contribution >= 0.6 is 0 Å². The lowest BCUT2D eigenvalue weighted by Gasteiger charge is -2.09. The Labute approximate surface area is 68.0 Å². The molecular weight excluding hydrogens is 142 g/mol. The van der Waals surface area contributed by atoms with Crippen molar-refractivity contribution < 1.29 is 5.11 Å². The van der Waals surface area contributed by atoms with E-state index in [0.29, 0.717) is 0 Å². The van der Waals surface area contributed by atoms with Gasteiger partial charge in [-0.3, -0.25) is 5.32 Å². The summed E-state index contributed by atoms with van der Waals surface area (Å²) in [4.78, 5) is 0. The van der Waals surface area contributed by atoms with E-state index in [1.165, 1.54) is 0 Å². The zero-order valence-corrected chi connectivity index (χ0v) is 6.92. The van der Waals surface area contributed by atoms with Gasteiger partial charge in [0.1, 0.15) is 6.23 Å². The lowest BCUT2D eigenvalue weighted by molar-refractivity contribution is 0.145. The highest BCUT2D eigenvalue weighted by atomic mass is 16.3. The fraction of sp³-hybridized carbons (Fsp3) is 1.00. The lowest BCUT2D eigenvalue weighted by Crippen LogP contribution is -2.36. The summed E-state index contributed by atoms with van der Waals surface area (Å²) in [6, 6.07) is 0. The molecular formula is C7H19N3O. The minimum absolute atomic E-state index is 0.275. The van der Waals surface area contributed by atoms with Crippen molar-refractivity contribution in [3.8, 4) is 0 Å². The average molecular weight is 161 g/mol. The first-order valence-electron chi connectivity index (χ1n) is 4.13. The molecule has 0 amide bonds. The summed E-state index contributed by atoms with van der Waals surface area (Å²) in [5, 5.41) is 11.8. The fourth-order valence-corrected chi connectivity index (χ4v) is 0.798. The van der Waals surface area contributed by atoms with E-state index in [1.807, 2.05) is 0 Å². The maximum absolute atomic E-state index is 8.95. The van der Waals surface area contributed by atoms with Gasteiger partial charge in [-0.1, -0.05) is 6.42 Å². The van der Waals surface area contributed by atoms with E-state index < -0.39 is 6.23 Å². The summed E-state index contributed by atoms with van der Waals surface area (Å²) in [5.41, 5.74) is 10.5. The van der Waals surface area contributed by atoms with Crippen molar-refractivity contribution in [1.29, 1.82) is 0 Å². The number of unbranched alkanes of at least 4 members (excludes halogenated alkanes) is 2.